The van der Waals surface area contributed by atoms with Crippen molar-refractivity contribution in [1.29, 1.82) is 0 Å². The van der Waals surface area contributed by atoms with Crippen LogP contribution < -0.4 is 0 Å². The van der Waals surface area contributed by atoms with E-state index in [0.717, 1.165) is 135 Å². The summed E-state index contributed by atoms with van der Waals surface area (Å²) in [5.41, 5.74) is 0. The van der Waals surface area contributed by atoms with E-state index in [0.29, 0.717) is 19.3 Å². The summed E-state index contributed by atoms with van der Waals surface area (Å²) in [6.07, 6.45) is 83.4. The van der Waals surface area contributed by atoms with Crippen molar-refractivity contribution in [2.75, 3.05) is 13.2 Å². The Bertz CT molecular complexity index is 1540. The average Bonchev–Trinajstić information content (AvgIpc) is 3.39. The third-order valence-electron chi connectivity index (χ3n) is 12.4. The summed E-state index contributed by atoms with van der Waals surface area (Å²) in [5, 5.41) is 0. The van der Waals surface area contributed by atoms with Gasteiger partial charge in [0.15, 0.2) is 6.10 Å². The van der Waals surface area contributed by atoms with Gasteiger partial charge in [0.1, 0.15) is 13.2 Å². The van der Waals surface area contributed by atoms with Crippen LogP contribution in [0.4, 0.5) is 0 Å². The van der Waals surface area contributed by atoms with E-state index in [-0.39, 0.29) is 31.1 Å². The Balaban J connectivity index is 4.35. The molecule has 1 unspecified atom stereocenters. The lowest BCUT2D eigenvalue weighted by molar-refractivity contribution is -0.167. The van der Waals surface area contributed by atoms with Gasteiger partial charge >= 0.3 is 17.9 Å². The summed E-state index contributed by atoms with van der Waals surface area (Å²) >= 11 is 0. The molecule has 0 saturated carbocycles. The minimum atomic E-state index is -0.800. The maximum atomic E-state index is 12.9. The summed E-state index contributed by atoms with van der Waals surface area (Å²) in [6, 6.07) is 0. The molecule has 0 amide bonds. The first kappa shape index (κ1) is 68.8. The van der Waals surface area contributed by atoms with E-state index in [9.17, 15) is 14.4 Å². The number of hydrogen-bond donors (Lipinski definition) is 0. The molecular formula is C67H110O6. The van der Waals surface area contributed by atoms with Gasteiger partial charge in [-0.2, -0.15) is 0 Å². The summed E-state index contributed by atoms with van der Waals surface area (Å²) in [4.78, 5) is 38.2. The van der Waals surface area contributed by atoms with Crippen molar-refractivity contribution >= 4 is 17.9 Å². The number of unbranched alkanes of at least 4 members (excludes halogenated alkanes) is 22. The molecule has 1 atom stereocenters. The standard InChI is InChI=1S/C67H110O6/c1-4-7-10-13-16-19-22-25-27-29-30-31-32-33-34-35-36-38-39-42-45-48-51-54-57-60-66(69)72-63-64(62-71-65(68)59-56-53-50-47-44-41-24-21-18-15-12-9-6-3)73-67(70)61-58-55-52-49-46-43-40-37-28-26-23-20-17-14-11-8-5-2/h7-12,16-21,25-28,30-31,41,44,64H,4-6,13-15,22-24,29,32-40,42-43,45-63H2,1-3H3/b10-7-,11-8-,12-9-,19-16-,20-17-,21-18-,27-25-,28-26-,31-30-,44-41-. The molecule has 6 nitrogen and oxygen atoms in total. The molecule has 0 spiro atoms. The van der Waals surface area contributed by atoms with E-state index in [1.54, 1.807) is 0 Å². The molecular weight excluding hydrogens is 901 g/mol. The zero-order valence-corrected chi connectivity index (χ0v) is 47.4. The van der Waals surface area contributed by atoms with Crippen LogP contribution in [0.2, 0.25) is 0 Å². The van der Waals surface area contributed by atoms with E-state index in [2.05, 4.69) is 142 Å². The highest BCUT2D eigenvalue weighted by Gasteiger charge is 2.19. The average molecular weight is 1010 g/mol. The van der Waals surface area contributed by atoms with Crippen LogP contribution in [0.5, 0.6) is 0 Å². The van der Waals surface area contributed by atoms with Crippen molar-refractivity contribution in [2.24, 2.45) is 0 Å². The zero-order valence-electron chi connectivity index (χ0n) is 47.4. The van der Waals surface area contributed by atoms with Gasteiger partial charge in [0, 0.05) is 19.3 Å². The largest absolute Gasteiger partial charge is 0.462 e. The maximum absolute atomic E-state index is 12.9. The number of carbonyl (C=O) groups is 3. The molecule has 0 aromatic heterocycles. The maximum Gasteiger partial charge on any atom is 0.306 e. The number of carbonyl (C=O) groups excluding carboxylic acids is 3. The molecule has 0 aliphatic carbocycles. The van der Waals surface area contributed by atoms with Gasteiger partial charge in [0.05, 0.1) is 0 Å². The zero-order chi connectivity index (χ0) is 52.9. The first-order chi connectivity index (χ1) is 36.0. The monoisotopic (exact) mass is 1010 g/mol. The van der Waals surface area contributed by atoms with Crippen LogP contribution in [-0.2, 0) is 28.6 Å². The summed E-state index contributed by atoms with van der Waals surface area (Å²) in [6.45, 7) is 6.27. The van der Waals surface area contributed by atoms with Crippen molar-refractivity contribution in [3.8, 4) is 0 Å². The predicted octanol–water partition coefficient (Wildman–Crippen LogP) is 20.4. The number of esters is 3. The van der Waals surface area contributed by atoms with E-state index in [1.807, 2.05) is 0 Å². The van der Waals surface area contributed by atoms with Crippen molar-refractivity contribution < 1.29 is 28.6 Å². The van der Waals surface area contributed by atoms with Gasteiger partial charge in [-0.1, -0.05) is 245 Å². The Labute approximate surface area is 450 Å². The lowest BCUT2D eigenvalue weighted by Gasteiger charge is -2.18. The van der Waals surface area contributed by atoms with Gasteiger partial charge in [-0.3, -0.25) is 14.4 Å². The Hall–Kier alpha value is -4.19. The van der Waals surface area contributed by atoms with E-state index >= 15 is 0 Å². The molecule has 0 bridgehead atoms. The van der Waals surface area contributed by atoms with Crippen molar-refractivity contribution in [3.63, 3.8) is 0 Å². The van der Waals surface area contributed by atoms with Crippen LogP contribution in [0.25, 0.3) is 0 Å². The minimum absolute atomic E-state index is 0.0946. The molecule has 6 heteroatoms. The second-order valence-electron chi connectivity index (χ2n) is 19.5. The second-order valence-corrected chi connectivity index (χ2v) is 19.5. The molecule has 0 heterocycles. The van der Waals surface area contributed by atoms with E-state index < -0.39 is 6.10 Å². The van der Waals surface area contributed by atoms with Crippen LogP contribution in [-0.4, -0.2) is 37.2 Å². The Kier molecular flexibility index (Phi) is 56.9. The van der Waals surface area contributed by atoms with Gasteiger partial charge in [-0.25, -0.2) is 0 Å². The molecule has 0 radical (unpaired) electrons. The Morgan fingerprint density at radius 2 is 0.493 bits per heavy atom. The fourth-order valence-corrected chi connectivity index (χ4v) is 8.05. The van der Waals surface area contributed by atoms with Crippen LogP contribution in [0.3, 0.4) is 0 Å². The first-order valence-electron chi connectivity index (χ1n) is 30.0. The molecule has 0 saturated heterocycles. The third-order valence-corrected chi connectivity index (χ3v) is 12.4. The van der Waals surface area contributed by atoms with E-state index in [4.69, 9.17) is 14.2 Å². The number of allylic oxidation sites excluding steroid dienone is 20. The molecule has 0 aliphatic rings. The molecule has 73 heavy (non-hydrogen) atoms. The predicted molar refractivity (Wildman–Crippen MR) is 316 cm³/mol. The summed E-state index contributed by atoms with van der Waals surface area (Å²) < 4.78 is 16.9. The minimum Gasteiger partial charge on any atom is -0.462 e. The van der Waals surface area contributed by atoms with Crippen LogP contribution >= 0.6 is 0 Å². The molecule has 0 N–H and O–H groups in total. The van der Waals surface area contributed by atoms with Crippen molar-refractivity contribution in [2.45, 2.75) is 271 Å². The van der Waals surface area contributed by atoms with Crippen LogP contribution in [0.1, 0.15) is 265 Å². The van der Waals surface area contributed by atoms with Gasteiger partial charge in [0.2, 0.25) is 0 Å². The molecule has 0 rings (SSSR count). The lowest BCUT2D eigenvalue weighted by Crippen LogP contribution is -2.30. The highest BCUT2D eigenvalue weighted by Crippen LogP contribution is 2.15. The SMILES string of the molecule is CC/C=C\C/C=C\C/C=C\C/C=C\CCCCCCCCCCCCCCC(=O)OCC(COC(=O)CCCCC/C=C\C/C=C\C/C=C\CC)OC(=O)CCCCCCCCC/C=C\C/C=C\C/C=C\CC. The van der Waals surface area contributed by atoms with Crippen LogP contribution in [0.15, 0.2) is 122 Å². The number of hydrogen-bond acceptors (Lipinski definition) is 6. The first-order valence-corrected chi connectivity index (χ1v) is 30.0. The highest BCUT2D eigenvalue weighted by atomic mass is 16.6. The molecule has 0 fully saturated rings. The highest BCUT2D eigenvalue weighted by molar-refractivity contribution is 5.71. The van der Waals surface area contributed by atoms with Gasteiger partial charge < -0.3 is 14.2 Å². The Morgan fingerprint density at radius 1 is 0.274 bits per heavy atom. The van der Waals surface area contributed by atoms with Crippen molar-refractivity contribution in [3.05, 3.63) is 122 Å². The fraction of sp³-hybridized carbons (Fsp3) is 0.657. The van der Waals surface area contributed by atoms with Crippen molar-refractivity contribution in [1.82, 2.24) is 0 Å². The quantitative estimate of drug-likeness (QED) is 0.0261. The van der Waals surface area contributed by atoms with E-state index in [1.165, 1.54) is 89.9 Å². The van der Waals surface area contributed by atoms with Crippen LogP contribution in [0, 0.1) is 0 Å². The third kappa shape index (κ3) is 58.6. The normalized spacial score (nSPS) is 13.0. The van der Waals surface area contributed by atoms with Gasteiger partial charge in [0.25, 0.3) is 0 Å². The second kappa shape index (κ2) is 60.4. The fourth-order valence-electron chi connectivity index (χ4n) is 8.05. The summed E-state index contributed by atoms with van der Waals surface area (Å²) in [5.74, 6) is -0.936. The molecule has 0 aliphatic heterocycles. The van der Waals surface area contributed by atoms with Gasteiger partial charge in [-0.05, 0) is 122 Å². The number of rotatable bonds is 53. The number of ether oxygens (including phenoxy) is 3. The smallest absolute Gasteiger partial charge is 0.306 e. The van der Waals surface area contributed by atoms with Gasteiger partial charge in [-0.15, -0.1) is 0 Å². The molecule has 0 aromatic rings. The topological polar surface area (TPSA) is 78.9 Å². The summed E-state index contributed by atoms with van der Waals surface area (Å²) in [7, 11) is 0. The lowest BCUT2D eigenvalue weighted by atomic mass is 10.0. The molecule has 414 valence electrons. The Morgan fingerprint density at radius 3 is 0.781 bits per heavy atom. The molecule has 0 aromatic carbocycles.